The minimum Gasteiger partial charge on any atom is -0.481 e. The lowest BCUT2D eigenvalue weighted by Gasteiger charge is -2.72. The maximum Gasteiger partial charge on any atom is 0.309 e. The van der Waals surface area contributed by atoms with E-state index in [4.69, 9.17) is 4.74 Å². The average molecular weight is 761 g/mol. The van der Waals surface area contributed by atoms with Crippen LogP contribution in [0.1, 0.15) is 138 Å². The van der Waals surface area contributed by atoms with Crippen LogP contribution in [-0.4, -0.2) is 72.2 Å². The number of carboxylic acids is 1. The molecule has 0 heterocycles. The first-order chi connectivity index (χ1) is 25.5. The highest BCUT2D eigenvalue weighted by Gasteiger charge is 2.70. The number of nitrogens with zero attached hydrogens (tertiary/aromatic N) is 1. The fourth-order valence-electron chi connectivity index (χ4n) is 13.7. The second kappa shape index (κ2) is 14.7. The number of ether oxygens (including phenoxy) is 1. The SMILES string of the molecule is CC(C)C1=C2C3CC[C@@H]4[C@@]5(C)CC[C@H](OC(=O)CC(C)(C)C(=O)O)C(C)(C)[C@@H]5CC[C@@]4(C)[C@]3(C)CC[C@@]2(C(O)CN[C@H](CN(C)C)c2ccccc2)CC1=O. The molecule has 0 bridgehead atoms. The van der Waals surface area contributed by atoms with Gasteiger partial charge in [-0.1, -0.05) is 84.4 Å². The highest BCUT2D eigenvalue weighted by Crippen LogP contribution is 2.77. The molecule has 1 aromatic carbocycles. The molecule has 0 amide bonds. The van der Waals surface area contributed by atoms with Gasteiger partial charge in [-0.2, -0.15) is 0 Å². The summed E-state index contributed by atoms with van der Waals surface area (Å²) in [5, 5.41) is 25.8. The molecule has 0 radical (unpaired) electrons. The van der Waals surface area contributed by atoms with Gasteiger partial charge in [0.2, 0.25) is 0 Å². The van der Waals surface area contributed by atoms with Crippen LogP contribution in [0.15, 0.2) is 41.5 Å². The second-order valence-corrected chi connectivity index (χ2v) is 21.2. The number of likely N-dealkylation sites (N-methyl/N-ethyl adjacent to an activating group) is 1. The molecule has 0 aliphatic heterocycles. The Labute approximate surface area is 331 Å². The van der Waals surface area contributed by atoms with Gasteiger partial charge >= 0.3 is 11.9 Å². The summed E-state index contributed by atoms with van der Waals surface area (Å²) in [6.07, 6.45) is 7.18. The number of hydrogen-bond donors (Lipinski definition) is 3. The standard InChI is InChI=1S/C47H72N2O6/c1-29(2)39-33(50)25-47(36(51)27-48-32(28-49(10)11)30-15-13-12-14-16-30)24-23-45(8)31(40(39)47)17-18-35-44(7)21-20-37(55-38(52)26-42(3,4)41(53)54)43(5,6)34(44)19-22-46(35,45)9/h12-16,29,31-32,34-37,48,51H,17-28H2,1-11H3,(H,53,54)/t31?,32-,34+,35-,36?,37+,44+,45-,46-,47+/m1/s1. The monoisotopic (exact) mass is 761 g/mol. The number of carboxylic acid groups (broad SMARTS) is 1. The first-order valence-electron chi connectivity index (χ1n) is 21.4. The van der Waals surface area contributed by atoms with Crippen LogP contribution in [-0.2, 0) is 19.1 Å². The topological polar surface area (TPSA) is 116 Å². The zero-order valence-electron chi connectivity index (χ0n) is 35.9. The van der Waals surface area contributed by atoms with Crippen LogP contribution in [0.4, 0.5) is 0 Å². The minimum atomic E-state index is -1.17. The minimum absolute atomic E-state index is 0.0198. The van der Waals surface area contributed by atoms with Crippen LogP contribution in [0.5, 0.6) is 0 Å². The maximum absolute atomic E-state index is 14.2. The molecule has 0 aromatic heterocycles. The number of nitrogens with one attached hydrogen (secondary N) is 1. The van der Waals surface area contributed by atoms with E-state index in [0.29, 0.717) is 24.8 Å². The number of carbonyl (C=O) groups excluding carboxylic acids is 2. The lowest BCUT2D eigenvalue weighted by Crippen LogP contribution is -2.66. The summed E-state index contributed by atoms with van der Waals surface area (Å²) in [5.41, 5.74) is 1.63. The van der Waals surface area contributed by atoms with Crippen molar-refractivity contribution in [1.29, 1.82) is 0 Å². The molecular formula is C47H72N2O6. The van der Waals surface area contributed by atoms with Gasteiger partial charge in [0.1, 0.15) is 6.10 Å². The number of aliphatic hydroxyl groups excluding tert-OH is 1. The molecule has 4 saturated carbocycles. The predicted octanol–water partition coefficient (Wildman–Crippen LogP) is 8.63. The van der Waals surface area contributed by atoms with Crippen LogP contribution in [0.3, 0.4) is 0 Å². The Hall–Kier alpha value is -2.55. The van der Waals surface area contributed by atoms with Crippen molar-refractivity contribution in [3.05, 3.63) is 47.0 Å². The molecule has 10 atom stereocenters. The fourth-order valence-corrected chi connectivity index (χ4v) is 13.7. The highest BCUT2D eigenvalue weighted by atomic mass is 16.5. The molecule has 4 fully saturated rings. The quantitative estimate of drug-likeness (QED) is 0.182. The first-order valence-corrected chi connectivity index (χ1v) is 21.4. The zero-order valence-corrected chi connectivity index (χ0v) is 35.9. The summed E-state index contributed by atoms with van der Waals surface area (Å²) in [6, 6.07) is 10.5. The third-order valence-corrected chi connectivity index (χ3v) is 16.8. The lowest BCUT2D eigenvalue weighted by atomic mass is 9.33. The molecule has 3 N–H and O–H groups in total. The summed E-state index contributed by atoms with van der Waals surface area (Å²) >= 11 is 0. The molecule has 0 spiro atoms. The Bertz CT molecular complexity index is 1670. The number of ketones is 1. The van der Waals surface area contributed by atoms with Crippen LogP contribution >= 0.6 is 0 Å². The number of carbonyl (C=O) groups is 3. The van der Waals surface area contributed by atoms with Gasteiger partial charge in [0, 0.05) is 36.4 Å². The van der Waals surface area contributed by atoms with Gasteiger partial charge < -0.3 is 25.2 Å². The number of rotatable bonds is 12. The maximum atomic E-state index is 14.2. The van der Waals surface area contributed by atoms with Gasteiger partial charge in [-0.3, -0.25) is 14.4 Å². The number of Topliss-reactive ketones (excluding diaryl/α,β-unsaturated/α-hetero) is 1. The number of aliphatic hydroxyl groups is 1. The van der Waals surface area contributed by atoms with E-state index in [1.54, 1.807) is 13.8 Å². The van der Waals surface area contributed by atoms with Crippen molar-refractivity contribution >= 4 is 17.7 Å². The van der Waals surface area contributed by atoms with Crippen molar-refractivity contribution in [3.8, 4) is 0 Å². The second-order valence-electron chi connectivity index (χ2n) is 21.2. The summed E-state index contributed by atoms with van der Waals surface area (Å²) in [5.74, 6) is 0.0404. The van der Waals surface area contributed by atoms with Crippen molar-refractivity contribution in [2.45, 2.75) is 145 Å². The van der Waals surface area contributed by atoms with E-state index in [1.165, 1.54) is 11.1 Å². The Balaban J connectivity index is 1.27. The van der Waals surface area contributed by atoms with Gasteiger partial charge in [0.05, 0.1) is 17.9 Å². The van der Waals surface area contributed by atoms with Crippen LogP contribution < -0.4 is 5.32 Å². The van der Waals surface area contributed by atoms with Crippen LogP contribution in [0, 0.1) is 56.2 Å². The first kappa shape index (κ1) is 42.1. The Morgan fingerprint density at radius 1 is 0.927 bits per heavy atom. The van der Waals surface area contributed by atoms with E-state index in [-0.39, 0.29) is 57.8 Å². The predicted molar refractivity (Wildman–Crippen MR) is 217 cm³/mol. The summed E-state index contributed by atoms with van der Waals surface area (Å²) in [7, 11) is 4.16. The van der Waals surface area contributed by atoms with E-state index in [1.807, 2.05) is 6.07 Å². The Morgan fingerprint density at radius 2 is 1.60 bits per heavy atom. The molecule has 6 rings (SSSR count). The molecule has 8 heteroatoms. The van der Waals surface area contributed by atoms with Crippen molar-refractivity contribution in [2.75, 3.05) is 27.2 Å². The molecule has 8 nitrogen and oxygen atoms in total. The number of hydrogen-bond acceptors (Lipinski definition) is 7. The zero-order chi connectivity index (χ0) is 40.5. The van der Waals surface area contributed by atoms with Crippen molar-refractivity contribution in [2.24, 2.45) is 56.2 Å². The summed E-state index contributed by atoms with van der Waals surface area (Å²) in [4.78, 5) is 41.3. The van der Waals surface area contributed by atoms with Gasteiger partial charge in [-0.05, 0) is 130 Å². The molecule has 5 aliphatic carbocycles. The smallest absolute Gasteiger partial charge is 0.309 e. The number of allylic oxidation sites excluding steroid dienone is 1. The molecule has 1 aromatic rings. The molecular weight excluding hydrogens is 689 g/mol. The molecule has 0 saturated heterocycles. The summed E-state index contributed by atoms with van der Waals surface area (Å²) in [6.45, 7) is 21.0. The third-order valence-electron chi connectivity index (χ3n) is 16.8. The number of esters is 1. The van der Waals surface area contributed by atoms with E-state index < -0.39 is 28.9 Å². The number of fused-ring (bicyclic) bond motifs is 7. The van der Waals surface area contributed by atoms with E-state index in [2.05, 4.69) is 97.0 Å². The normalized spacial score (nSPS) is 36.8. The van der Waals surface area contributed by atoms with Crippen molar-refractivity contribution < 1.29 is 29.3 Å². The molecule has 306 valence electrons. The van der Waals surface area contributed by atoms with Gasteiger partial charge in [0.15, 0.2) is 5.78 Å². The van der Waals surface area contributed by atoms with Crippen molar-refractivity contribution in [1.82, 2.24) is 10.2 Å². The van der Waals surface area contributed by atoms with Crippen molar-refractivity contribution in [3.63, 3.8) is 0 Å². The lowest BCUT2D eigenvalue weighted by molar-refractivity contribution is -0.235. The van der Waals surface area contributed by atoms with E-state index in [9.17, 15) is 24.6 Å². The number of benzene rings is 1. The number of aliphatic carboxylic acids is 1. The highest BCUT2D eigenvalue weighted by molar-refractivity contribution is 6.00. The Kier molecular flexibility index (Phi) is 11.2. The fraction of sp³-hybridized carbons (Fsp3) is 0.766. The third kappa shape index (κ3) is 6.86. The average Bonchev–Trinajstić information content (AvgIpc) is 3.41. The molecule has 55 heavy (non-hydrogen) atoms. The summed E-state index contributed by atoms with van der Waals surface area (Å²) < 4.78 is 6.19. The molecule has 2 unspecified atom stereocenters. The van der Waals surface area contributed by atoms with E-state index in [0.717, 1.165) is 63.5 Å². The largest absolute Gasteiger partial charge is 0.481 e. The molecule has 5 aliphatic rings. The van der Waals surface area contributed by atoms with Gasteiger partial charge in [-0.15, -0.1) is 0 Å². The van der Waals surface area contributed by atoms with Gasteiger partial charge in [-0.25, -0.2) is 0 Å². The van der Waals surface area contributed by atoms with Crippen LogP contribution in [0.25, 0.3) is 0 Å². The Morgan fingerprint density at radius 3 is 2.22 bits per heavy atom. The van der Waals surface area contributed by atoms with E-state index >= 15 is 0 Å². The van der Waals surface area contributed by atoms with Crippen LogP contribution in [0.2, 0.25) is 0 Å². The van der Waals surface area contributed by atoms with Gasteiger partial charge in [0.25, 0.3) is 0 Å².